The molecule has 0 atom stereocenters. The molecule has 1 amide bonds. The Balaban J connectivity index is 1.73. The first-order chi connectivity index (χ1) is 14.6. The lowest BCUT2D eigenvalue weighted by Gasteiger charge is -2.17. The van der Waals surface area contributed by atoms with Gasteiger partial charge in [0.05, 0.1) is 36.2 Å². The van der Waals surface area contributed by atoms with Gasteiger partial charge in [0.2, 0.25) is 5.91 Å². The van der Waals surface area contributed by atoms with E-state index in [1.165, 1.54) is 39.4 Å². The van der Waals surface area contributed by atoms with Crippen LogP contribution < -0.4 is 20.3 Å². The largest absolute Gasteiger partial charge is 0.497 e. The van der Waals surface area contributed by atoms with E-state index >= 15 is 0 Å². The van der Waals surface area contributed by atoms with E-state index in [9.17, 15) is 9.59 Å². The van der Waals surface area contributed by atoms with E-state index in [2.05, 4.69) is 10.3 Å². The maximum atomic E-state index is 13.3. The van der Waals surface area contributed by atoms with Gasteiger partial charge in [-0.05, 0) is 12.1 Å². The summed E-state index contributed by atoms with van der Waals surface area (Å²) in [4.78, 5) is 35.1. The van der Waals surface area contributed by atoms with E-state index in [1.54, 1.807) is 44.0 Å². The van der Waals surface area contributed by atoms with Crippen molar-refractivity contribution in [2.24, 2.45) is 0 Å². The summed E-state index contributed by atoms with van der Waals surface area (Å²) >= 11 is 4.04. The molecule has 30 heavy (non-hydrogen) atoms. The van der Waals surface area contributed by atoms with Gasteiger partial charge >= 0.3 is 0 Å². The van der Waals surface area contributed by atoms with Crippen molar-refractivity contribution in [3.8, 4) is 17.2 Å². The molecule has 1 aliphatic heterocycles. The second kappa shape index (κ2) is 9.11. The number of amides is 1. The molecule has 0 saturated heterocycles. The number of methoxy groups -OCH3 is 2. The zero-order valence-electron chi connectivity index (χ0n) is 16.2. The average molecular weight is 463 g/mol. The Labute approximate surface area is 185 Å². The highest BCUT2D eigenvalue weighted by Gasteiger charge is 2.24. The number of thioether (sulfide) groups is 2. The first-order valence-electron chi connectivity index (χ1n) is 8.94. The molecule has 3 heterocycles. The van der Waals surface area contributed by atoms with Crippen LogP contribution in [0, 0.1) is 0 Å². The third-order valence-electron chi connectivity index (χ3n) is 4.30. The lowest BCUT2D eigenvalue weighted by atomic mass is 10.2. The summed E-state index contributed by atoms with van der Waals surface area (Å²) in [6, 6.07) is 5.23. The summed E-state index contributed by atoms with van der Waals surface area (Å²) in [6.07, 6.45) is 2.35. The second-order valence-electron chi connectivity index (χ2n) is 6.12. The first-order valence-corrected chi connectivity index (χ1v) is 11.8. The summed E-state index contributed by atoms with van der Waals surface area (Å²) in [7, 11) is 3.10. The summed E-state index contributed by atoms with van der Waals surface area (Å²) in [5.74, 6) is 1.78. The summed E-state index contributed by atoms with van der Waals surface area (Å²) in [6.45, 7) is 0. The molecule has 1 aliphatic rings. The molecule has 0 saturated carbocycles. The van der Waals surface area contributed by atoms with E-state index in [4.69, 9.17) is 14.5 Å². The van der Waals surface area contributed by atoms with Crippen molar-refractivity contribution in [1.82, 2.24) is 14.5 Å². The quantitative estimate of drug-likeness (QED) is 0.423. The maximum absolute atomic E-state index is 13.3. The van der Waals surface area contributed by atoms with E-state index in [0.29, 0.717) is 32.4 Å². The Morgan fingerprint density at radius 1 is 1.33 bits per heavy atom. The fourth-order valence-corrected chi connectivity index (χ4v) is 5.33. The second-order valence-corrected chi connectivity index (χ2v) is 9.06. The fraction of sp³-hybridized carbons (Fsp3) is 0.263. The van der Waals surface area contributed by atoms with Crippen molar-refractivity contribution in [3.63, 3.8) is 0 Å². The number of rotatable bonds is 7. The molecule has 0 radical (unpaired) electrons. The predicted molar refractivity (Wildman–Crippen MR) is 119 cm³/mol. The topological polar surface area (TPSA) is 95.3 Å². The van der Waals surface area contributed by atoms with Gasteiger partial charge < -0.3 is 14.8 Å². The van der Waals surface area contributed by atoms with Crippen molar-refractivity contribution >= 4 is 45.9 Å². The van der Waals surface area contributed by atoms with E-state index in [0.717, 1.165) is 17.9 Å². The van der Waals surface area contributed by atoms with Crippen LogP contribution in [0.25, 0.3) is 5.69 Å². The van der Waals surface area contributed by atoms with E-state index in [-0.39, 0.29) is 17.2 Å². The molecule has 4 rings (SSSR count). The monoisotopic (exact) mass is 462 g/mol. The number of benzene rings is 1. The minimum atomic E-state index is -0.219. The number of anilines is 1. The van der Waals surface area contributed by atoms with Crippen molar-refractivity contribution in [3.05, 3.63) is 45.8 Å². The number of nitrogens with zero attached hydrogens (tertiary/aromatic N) is 3. The van der Waals surface area contributed by atoms with Gasteiger partial charge in [0.15, 0.2) is 10.3 Å². The number of aryl methyl sites for hydroxylation is 1. The van der Waals surface area contributed by atoms with Crippen molar-refractivity contribution < 1.29 is 14.3 Å². The first kappa shape index (κ1) is 20.8. The molecule has 0 fully saturated rings. The Bertz CT molecular complexity index is 1130. The smallest absolute Gasteiger partial charge is 0.272 e. The fourth-order valence-electron chi connectivity index (χ4n) is 2.94. The highest BCUT2D eigenvalue weighted by molar-refractivity contribution is 8.00. The van der Waals surface area contributed by atoms with Crippen LogP contribution in [0.4, 0.5) is 5.13 Å². The third kappa shape index (κ3) is 4.18. The Morgan fingerprint density at radius 2 is 2.20 bits per heavy atom. The number of thiazole rings is 1. The number of carbonyl (C=O) groups is 1. The molecule has 0 unspecified atom stereocenters. The molecule has 0 spiro atoms. The van der Waals surface area contributed by atoms with E-state index < -0.39 is 0 Å². The lowest BCUT2D eigenvalue weighted by molar-refractivity contribution is -0.113. The van der Waals surface area contributed by atoms with Crippen LogP contribution in [-0.4, -0.2) is 46.2 Å². The summed E-state index contributed by atoms with van der Waals surface area (Å²) < 4.78 is 12.3. The Morgan fingerprint density at radius 3 is 2.93 bits per heavy atom. The molecular weight excluding hydrogens is 444 g/mol. The normalized spacial score (nSPS) is 12.5. The van der Waals surface area contributed by atoms with Gasteiger partial charge in [-0.15, -0.1) is 23.1 Å². The van der Waals surface area contributed by atoms with Crippen molar-refractivity contribution in [1.29, 1.82) is 0 Å². The number of nitrogens with one attached hydrogen (secondary N) is 1. The summed E-state index contributed by atoms with van der Waals surface area (Å²) in [5, 5.41) is 5.50. The zero-order chi connectivity index (χ0) is 21.1. The Kier molecular flexibility index (Phi) is 6.30. The zero-order valence-corrected chi connectivity index (χ0v) is 18.7. The molecule has 11 heteroatoms. The van der Waals surface area contributed by atoms with Crippen LogP contribution in [0.3, 0.4) is 0 Å². The van der Waals surface area contributed by atoms with Crippen molar-refractivity contribution in [2.75, 3.05) is 31.0 Å². The van der Waals surface area contributed by atoms with Gasteiger partial charge in [-0.2, -0.15) is 0 Å². The van der Waals surface area contributed by atoms with Crippen LogP contribution in [0.5, 0.6) is 11.5 Å². The van der Waals surface area contributed by atoms with Gasteiger partial charge in [0.25, 0.3) is 5.56 Å². The van der Waals surface area contributed by atoms with Gasteiger partial charge in [0, 0.05) is 29.8 Å². The van der Waals surface area contributed by atoms with Crippen LogP contribution in [0.2, 0.25) is 0 Å². The van der Waals surface area contributed by atoms with E-state index in [1.807, 2.05) is 0 Å². The standard InChI is InChI=1S/C19H18N4O4S3/c1-26-11-3-4-14(27-2)13(9-11)23-17(25)16-12(5-7-28-16)21-19(23)30-10-15(24)22-18-20-6-8-29-18/h3-4,6,8-9H,5,7,10H2,1-2H3,(H,20,22,24). The molecule has 0 aliphatic carbocycles. The highest BCUT2D eigenvalue weighted by Crippen LogP contribution is 2.33. The van der Waals surface area contributed by atoms with Crippen LogP contribution in [0.1, 0.15) is 5.69 Å². The van der Waals surface area contributed by atoms with Crippen molar-refractivity contribution in [2.45, 2.75) is 16.5 Å². The molecule has 0 bridgehead atoms. The van der Waals surface area contributed by atoms with Crippen LogP contribution >= 0.6 is 34.9 Å². The Hall–Kier alpha value is -2.50. The molecule has 8 nitrogen and oxygen atoms in total. The minimum absolute atomic E-state index is 0.0875. The van der Waals surface area contributed by atoms with Gasteiger partial charge in [-0.3, -0.25) is 14.2 Å². The molecule has 156 valence electrons. The van der Waals surface area contributed by atoms with Crippen LogP contribution in [-0.2, 0) is 11.2 Å². The number of carbonyl (C=O) groups excluding carboxylic acids is 1. The number of aromatic nitrogens is 3. The number of hydrogen-bond donors (Lipinski definition) is 1. The third-order valence-corrected chi connectivity index (χ3v) is 7.04. The molecular formula is C19H18N4O4S3. The number of hydrogen-bond acceptors (Lipinski definition) is 9. The maximum Gasteiger partial charge on any atom is 0.272 e. The predicted octanol–water partition coefficient (Wildman–Crippen LogP) is 3.09. The highest BCUT2D eigenvalue weighted by atomic mass is 32.2. The SMILES string of the molecule is COc1ccc(OC)c(-n2c(SCC(=O)Nc3nccs3)nc3c(c2=O)SCC3)c1. The van der Waals surface area contributed by atoms with Crippen LogP contribution in [0.15, 0.2) is 44.6 Å². The number of ether oxygens (including phenoxy) is 2. The molecule has 3 aromatic rings. The molecule has 1 aromatic carbocycles. The van der Waals surface area contributed by atoms with Gasteiger partial charge in [0.1, 0.15) is 11.5 Å². The molecule has 2 aromatic heterocycles. The van der Waals surface area contributed by atoms with Gasteiger partial charge in [-0.1, -0.05) is 11.8 Å². The van der Waals surface area contributed by atoms with Gasteiger partial charge in [-0.25, -0.2) is 9.97 Å². The molecule has 1 N–H and O–H groups in total. The average Bonchev–Trinajstić information content (AvgIpc) is 3.44. The lowest BCUT2D eigenvalue weighted by Crippen LogP contribution is -2.25. The minimum Gasteiger partial charge on any atom is -0.497 e. The number of fused-ring (bicyclic) bond motifs is 1. The summed E-state index contributed by atoms with van der Waals surface area (Å²) in [5.41, 5.74) is 1.12.